The lowest BCUT2D eigenvalue weighted by molar-refractivity contribution is 1.25. The van der Waals surface area contributed by atoms with E-state index in [1.807, 2.05) is 13.0 Å². The van der Waals surface area contributed by atoms with Crippen molar-refractivity contribution in [2.45, 2.75) is 20.8 Å². The maximum absolute atomic E-state index is 5.79. The number of nitrogens with zero attached hydrogens (tertiary/aromatic N) is 1. The van der Waals surface area contributed by atoms with Crippen LogP contribution in [0.2, 0.25) is 0 Å². The molecule has 3 nitrogen and oxygen atoms in total. The summed E-state index contributed by atoms with van der Waals surface area (Å²) in [7, 11) is 0. The summed E-state index contributed by atoms with van der Waals surface area (Å²) in [5, 5.41) is 3.33. The molecule has 0 radical (unpaired) electrons. The number of hydrogen-bond acceptors (Lipinski definition) is 3. The van der Waals surface area contributed by atoms with E-state index in [2.05, 4.69) is 42.3 Å². The van der Waals surface area contributed by atoms with Crippen LogP contribution in [0.1, 0.15) is 22.3 Å². The highest BCUT2D eigenvalue weighted by atomic mass is 32.1. The van der Waals surface area contributed by atoms with Gasteiger partial charge in [-0.25, -0.2) is 4.98 Å². The largest absolute Gasteiger partial charge is 0.389 e. The summed E-state index contributed by atoms with van der Waals surface area (Å²) < 4.78 is 0. The lowest BCUT2D eigenvalue weighted by Gasteiger charge is -2.14. The lowest BCUT2D eigenvalue weighted by atomic mass is 10.1. The van der Waals surface area contributed by atoms with Gasteiger partial charge in [0.05, 0.1) is 5.56 Å². The quantitative estimate of drug-likeness (QED) is 0.840. The summed E-state index contributed by atoms with van der Waals surface area (Å²) in [5.74, 6) is 0.709. The molecule has 0 bridgehead atoms. The fourth-order valence-electron chi connectivity index (χ4n) is 1.96. The van der Waals surface area contributed by atoms with Crippen molar-refractivity contribution in [3.8, 4) is 0 Å². The Labute approximate surface area is 118 Å². The van der Waals surface area contributed by atoms with E-state index in [9.17, 15) is 0 Å². The Morgan fingerprint density at radius 3 is 2.58 bits per heavy atom. The molecule has 3 N–H and O–H groups in total. The first kappa shape index (κ1) is 13.5. The Morgan fingerprint density at radius 1 is 1.16 bits per heavy atom. The van der Waals surface area contributed by atoms with Crippen molar-refractivity contribution in [1.82, 2.24) is 4.98 Å². The van der Waals surface area contributed by atoms with Gasteiger partial charge in [-0.05, 0) is 49.6 Å². The van der Waals surface area contributed by atoms with E-state index in [-0.39, 0.29) is 0 Å². The maximum Gasteiger partial charge on any atom is 0.140 e. The summed E-state index contributed by atoms with van der Waals surface area (Å²) in [6.45, 7) is 6.09. The average Bonchev–Trinajstić information content (AvgIpc) is 2.33. The number of nitrogens with two attached hydrogens (primary N) is 1. The third kappa shape index (κ3) is 2.90. The normalized spacial score (nSPS) is 10.3. The Bertz CT molecular complexity index is 635. The van der Waals surface area contributed by atoms with Crippen LogP contribution in [0.25, 0.3) is 0 Å². The molecule has 98 valence electrons. The van der Waals surface area contributed by atoms with Gasteiger partial charge in [-0.1, -0.05) is 24.4 Å². The van der Waals surface area contributed by atoms with Gasteiger partial charge < -0.3 is 11.1 Å². The van der Waals surface area contributed by atoms with Crippen molar-refractivity contribution in [1.29, 1.82) is 0 Å². The molecule has 0 aliphatic carbocycles. The number of aryl methyl sites for hydroxylation is 3. The molecule has 2 aromatic rings. The van der Waals surface area contributed by atoms with Crippen LogP contribution >= 0.6 is 12.2 Å². The zero-order valence-corrected chi connectivity index (χ0v) is 12.1. The first-order valence-corrected chi connectivity index (χ1v) is 6.49. The van der Waals surface area contributed by atoms with Crippen LogP contribution in [-0.4, -0.2) is 9.97 Å². The number of rotatable bonds is 3. The molecule has 0 spiro atoms. The van der Waals surface area contributed by atoms with E-state index >= 15 is 0 Å². The van der Waals surface area contributed by atoms with Crippen LogP contribution < -0.4 is 11.1 Å². The molecule has 0 aliphatic heterocycles. The van der Waals surface area contributed by atoms with Gasteiger partial charge in [-0.2, -0.15) is 0 Å². The fourth-order valence-corrected chi connectivity index (χ4v) is 2.22. The SMILES string of the molecule is Cc1ccc(C)c(Nc2nccc(C)c2C(N)=S)c1. The predicted octanol–water partition coefficient (Wildman–Crippen LogP) is 3.38. The molecule has 1 aromatic heterocycles. The predicted molar refractivity (Wildman–Crippen MR) is 84.1 cm³/mol. The molecule has 0 amide bonds. The maximum atomic E-state index is 5.79. The molecule has 19 heavy (non-hydrogen) atoms. The highest BCUT2D eigenvalue weighted by Gasteiger charge is 2.11. The van der Waals surface area contributed by atoms with Crippen molar-refractivity contribution >= 4 is 28.7 Å². The van der Waals surface area contributed by atoms with E-state index in [0.29, 0.717) is 10.8 Å². The van der Waals surface area contributed by atoms with E-state index in [0.717, 1.165) is 22.4 Å². The number of thiocarbonyl (C=S) groups is 1. The molecular weight excluding hydrogens is 254 g/mol. The molecule has 0 fully saturated rings. The van der Waals surface area contributed by atoms with Gasteiger partial charge in [0, 0.05) is 11.9 Å². The first-order valence-electron chi connectivity index (χ1n) is 6.08. The molecular formula is C15H17N3S. The Balaban J connectivity index is 2.46. The number of nitrogens with one attached hydrogen (secondary N) is 1. The smallest absolute Gasteiger partial charge is 0.140 e. The van der Waals surface area contributed by atoms with Crippen LogP contribution in [0.5, 0.6) is 0 Å². The molecule has 0 saturated heterocycles. The topological polar surface area (TPSA) is 50.9 Å². The van der Waals surface area contributed by atoms with Gasteiger partial charge in [-0.3, -0.25) is 0 Å². The minimum Gasteiger partial charge on any atom is -0.389 e. The van der Waals surface area contributed by atoms with Crippen LogP contribution in [0, 0.1) is 20.8 Å². The van der Waals surface area contributed by atoms with Crippen LogP contribution in [-0.2, 0) is 0 Å². The van der Waals surface area contributed by atoms with Crippen molar-refractivity contribution in [2.24, 2.45) is 5.73 Å². The van der Waals surface area contributed by atoms with Gasteiger partial charge in [0.1, 0.15) is 10.8 Å². The molecule has 0 atom stereocenters. The van der Waals surface area contributed by atoms with Crippen molar-refractivity contribution in [3.63, 3.8) is 0 Å². The summed E-state index contributed by atoms with van der Waals surface area (Å²) >= 11 is 5.11. The molecule has 0 saturated carbocycles. The standard InChI is InChI=1S/C15H17N3S/c1-9-4-5-10(2)12(8-9)18-15-13(14(16)19)11(3)6-7-17-15/h4-8H,1-3H3,(H2,16,19)(H,17,18). The van der Waals surface area contributed by atoms with E-state index in [1.165, 1.54) is 5.56 Å². The summed E-state index contributed by atoms with van der Waals surface area (Å²) in [6, 6.07) is 8.15. The second-order valence-electron chi connectivity index (χ2n) is 4.66. The van der Waals surface area contributed by atoms with Gasteiger partial charge >= 0.3 is 0 Å². The van der Waals surface area contributed by atoms with Crippen LogP contribution in [0.3, 0.4) is 0 Å². The second kappa shape index (κ2) is 5.36. The summed E-state index contributed by atoms with van der Waals surface area (Å²) in [6.07, 6.45) is 1.75. The van der Waals surface area contributed by atoms with Gasteiger partial charge in [0.25, 0.3) is 0 Å². The van der Waals surface area contributed by atoms with Crippen molar-refractivity contribution in [2.75, 3.05) is 5.32 Å². The third-order valence-electron chi connectivity index (χ3n) is 3.05. The Morgan fingerprint density at radius 2 is 1.89 bits per heavy atom. The molecule has 2 rings (SSSR count). The van der Waals surface area contributed by atoms with Crippen molar-refractivity contribution in [3.05, 3.63) is 52.7 Å². The Kier molecular flexibility index (Phi) is 3.81. The van der Waals surface area contributed by atoms with Crippen LogP contribution in [0.15, 0.2) is 30.5 Å². The lowest BCUT2D eigenvalue weighted by Crippen LogP contribution is -2.15. The number of pyridine rings is 1. The first-order chi connectivity index (χ1) is 8.99. The van der Waals surface area contributed by atoms with E-state index < -0.39 is 0 Å². The minimum absolute atomic E-state index is 0.360. The highest BCUT2D eigenvalue weighted by molar-refractivity contribution is 7.80. The second-order valence-corrected chi connectivity index (χ2v) is 5.10. The number of aromatic nitrogens is 1. The molecule has 1 aromatic carbocycles. The fraction of sp³-hybridized carbons (Fsp3) is 0.200. The zero-order chi connectivity index (χ0) is 14.0. The summed E-state index contributed by atoms with van der Waals surface area (Å²) in [5.41, 5.74) is 11.0. The number of benzene rings is 1. The Hall–Kier alpha value is -1.94. The molecule has 0 aliphatic rings. The van der Waals surface area contributed by atoms with Gasteiger partial charge in [0.2, 0.25) is 0 Å². The van der Waals surface area contributed by atoms with E-state index in [4.69, 9.17) is 18.0 Å². The minimum atomic E-state index is 0.360. The summed E-state index contributed by atoms with van der Waals surface area (Å²) in [4.78, 5) is 4.71. The molecule has 0 unspecified atom stereocenters. The van der Waals surface area contributed by atoms with Gasteiger partial charge in [-0.15, -0.1) is 0 Å². The van der Waals surface area contributed by atoms with Crippen molar-refractivity contribution < 1.29 is 0 Å². The molecule has 4 heteroatoms. The third-order valence-corrected chi connectivity index (χ3v) is 3.26. The average molecular weight is 271 g/mol. The monoisotopic (exact) mass is 271 g/mol. The van der Waals surface area contributed by atoms with Crippen LogP contribution in [0.4, 0.5) is 11.5 Å². The highest BCUT2D eigenvalue weighted by Crippen LogP contribution is 2.24. The van der Waals surface area contributed by atoms with E-state index in [1.54, 1.807) is 6.20 Å². The van der Waals surface area contributed by atoms with Gasteiger partial charge in [0.15, 0.2) is 0 Å². The number of anilines is 2. The number of hydrogen-bond donors (Lipinski definition) is 2. The molecule has 1 heterocycles. The zero-order valence-electron chi connectivity index (χ0n) is 11.3.